The number of anilines is 1. The Bertz CT molecular complexity index is 1800. The lowest BCUT2D eigenvalue weighted by molar-refractivity contribution is -0.149. The first-order valence-electron chi connectivity index (χ1n) is 17.5. The number of hydrogen-bond donors (Lipinski definition) is 1. The Hall–Kier alpha value is -3.08. The lowest BCUT2D eigenvalue weighted by atomic mass is 9.60. The van der Waals surface area contributed by atoms with E-state index in [1.54, 1.807) is 0 Å². The number of carbonyl (C=O) groups is 2. The van der Waals surface area contributed by atoms with Gasteiger partial charge in [-0.3, -0.25) is 24.3 Å². The molecule has 12 heteroatoms. The Kier molecular flexibility index (Phi) is 7.69. The Morgan fingerprint density at radius 1 is 1.15 bits per heavy atom. The summed E-state index contributed by atoms with van der Waals surface area (Å²) in [6.07, 6.45) is 9.54. The summed E-state index contributed by atoms with van der Waals surface area (Å²) in [5.74, 6) is 2.19. The number of likely N-dealkylation sites (N-methyl/N-ethyl adjacent to an activating group) is 1. The molecule has 3 atom stereocenters. The molecule has 4 aliphatic heterocycles. The van der Waals surface area contributed by atoms with Crippen LogP contribution in [-0.2, 0) is 9.59 Å². The smallest absolute Gasteiger partial charge is 0.245 e. The highest BCUT2D eigenvalue weighted by atomic mass is 35.5. The monoisotopic (exact) mass is 692 g/mol. The van der Waals surface area contributed by atoms with Crippen LogP contribution in [0.2, 0.25) is 10.0 Å². The molecule has 48 heavy (non-hydrogen) atoms. The number of halogens is 2. The number of hydrogen-bond acceptors (Lipinski definition) is 6. The molecule has 8 rings (SSSR count). The lowest BCUT2D eigenvalue weighted by Gasteiger charge is -2.58. The van der Waals surface area contributed by atoms with E-state index in [-0.39, 0.29) is 28.9 Å². The number of amides is 2. The van der Waals surface area contributed by atoms with Crippen molar-refractivity contribution in [2.75, 3.05) is 51.2 Å². The van der Waals surface area contributed by atoms with Crippen molar-refractivity contribution in [2.24, 2.45) is 17.3 Å². The average Bonchev–Trinajstić information content (AvgIpc) is 3.68. The molecule has 4 saturated heterocycles. The third kappa shape index (κ3) is 4.99. The fraction of sp³-hybridized carbons (Fsp3) is 0.611. The summed E-state index contributed by atoms with van der Waals surface area (Å²) in [6, 6.07) is 2.12. The highest BCUT2D eigenvalue weighted by Gasteiger charge is 2.55. The van der Waals surface area contributed by atoms with Gasteiger partial charge in [-0.2, -0.15) is 10.2 Å². The Morgan fingerprint density at radius 2 is 1.92 bits per heavy atom. The van der Waals surface area contributed by atoms with Crippen LogP contribution >= 0.6 is 23.2 Å². The van der Waals surface area contributed by atoms with E-state index in [0.717, 1.165) is 105 Å². The summed E-state index contributed by atoms with van der Waals surface area (Å²) in [4.78, 5) is 34.1. The van der Waals surface area contributed by atoms with Crippen LogP contribution in [0.15, 0.2) is 24.9 Å². The molecule has 1 aliphatic carbocycles. The van der Waals surface area contributed by atoms with Crippen LogP contribution < -0.4 is 4.90 Å². The second-order valence-corrected chi connectivity index (χ2v) is 16.7. The maximum Gasteiger partial charge on any atom is 0.245 e. The second-order valence-electron chi connectivity index (χ2n) is 16.0. The molecule has 0 radical (unpaired) electrons. The standard InChI is InChI=1S/C36H46Cl2N8O2/c1-6-28(47)44-19-36(20-44)14-24(15-36)46-21(2)29(30-25-16-39-40-27(25)12-26(37)31(30)38)33(41-46)45-11-9-22(13-35(45,3)4)17-43-10-7-8-23-18-42(5)34(48)32(23)43/h6,12,16,22-24,32H,1,7-11,13-15,17-20H2,2-5H3,(H,39,40)/t22-,23?,32?/m1/s1. The van der Waals surface area contributed by atoms with Crippen LogP contribution in [-0.4, -0.2) is 104 Å². The van der Waals surface area contributed by atoms with E-state index in [1.165, 1.54) is 12.5 Å². The van der Waals surface area contributed by atoms with Gasteiger partial charge in [0.1, 0.15) is 0 Å². The SMILES string of the molecule is C=CC(=O)N1CC2(CC(n3nc(N4CC[C@@H](CN5CCCC6CN(C)C(=O)C65)CC4(C)C)c(-c4c(Cl)c(Cl)cc5[nH]ncc45)c3C)C2)C1. The molecule has 2 amide bonds. The zero-order valence-corrected chi connectivity index (χ0v) is 29.9. The number of piperidine rings is 2. The first-order chi connectivity index (χ1) is 22.9. The molecule has 3 aromatic rings. The number of carbonyl (C=O) groups excluding carboxylic acids is 2. The molecule has 5 fully saturated rings. The summed E-state index contributed by atoms with van der Waals surface area (Å²) in [6.45, 7) is 15.7. The minimum absolute atomic E-state index is 0.0107. The van der Waals surface area contributed by atoms with Crippen LogP contribution in [0.3, 0.4) is 0 Å². The van der Waals surface area contributed by atoms with Crippen LogP contribution in [0.1, 0.15) is 64.1 Å². The molecule has 0 bridgehead atoms. The quantitative estimate of drug-likeness (QED) is 0.322. The molecule has 2 aromatic heterocycles. The van der Waals surface area contributed by atoms with Crippen LogP contribution in [0.4, 0.5) is 5.82 Å². The van der Waals surface area contributed by atoms with E-state index in [4.69, 9.17) is 28.3 Å². The van der Waals surface area contributed by atoms with Crippen molar-refractivity contribution in [2.45, 2.75) is 76.9 Å². The number of fused-ring (bicyclic) bond motifs is 2. The third-order valence-electron chi connectivity index (χ3n) is 12.3. The van der Waals surface area contributed by atoms with Crippen molar-refractivity contribution in [3.05, 3.63) is 40.7 Å². The van der Waals surface area contributed by atoms with Crippen molar-refractivity contribution in [1.82, 2.24) is 34.7 Å². The molecular weight excluding hydrogens is 647 g/mol. The second kappa shape index (κ2) is 11.5. The summed E-state index contributed by atoms with van der Waals surface area (Å²) >= 11 is 13.8. The normalized spacial score (nSPS) is 27.0. The number of nitrogens with zero attached hydrogens (tertiary/aromatic N) is 7. The van der Waals surface area contributed by atoms with Crippen LogP contribution in [0.5, 0.6) is 0 Å². The van der Waals surface area contributed by atoms with Gasteiger partial charge >= 0.3 is 0 Å². The lowest BCUT2D eigenvalue weighted by Crippen LogP contribution is -2.63. The molecule has 1 spiro atoms. The topological polar surface area (TPSA) is 93.6 Å². The van der Waals surface area contributed by atoms with E-state index < -0.39 is 0 Å². The van der Waals surface area contributed by atoms with E-state index >= 15 is 0 Å². The maximum absolute atomic E-state index is 13.1. The largest absolute Gasteiger partial charge is 0.349 e. The van der Waals surface area contributed by atoms with E-state index in [0.29, 0.717) is 27.8 Å². The van der Waals surface area contributed by atoms with Crippen molar-refractivity contribution in [3.63, 3.8) is 0 Å². The first-order valence-corrected chi connectivity index (χ1v) is 18.2. The molecule has 256 valence electrons. The minimum atomic E-state index is -0.185. The molecule has 1 saturated carbocycles. The fourth-order valence-corrected chi connectivity index (χ4v) is 10.5. The van der Waals surface area contributed by atoms with Crippen molar-refractivity contribution < 1.29 is 9.59 Å². The van der Waals surface area contributed by atoms with Gasteiger partial charge in [0, 0.05) is 78.9 Å². The Balaban J connectivity index is 1.11. The number of aromatic nitrogens is 4. The number of rotatable bonds is 6. The van der Waals surface area contributed by atoms with Crippen molar-refractivity contribution >= 4 is 51.7 Å². The Labute approximate surface area is 292 Å². The van der Waals surface area contributed by atoms with Gasteiger partial charge in [-0.05, 0) is 83.9 Å². The third-order valence-corrected chi connectivity index (χ3v) is 13.1. The first kappa shape index (κ1) is 32.1. The van der Waals surface area contributed by atoms with Crippen LogP contribution in [0, 0.1) is 24.2 Å². The minimum Gasteiger partial charge on any atom is -0.349 e. The number of likely N-dealkylation sites (tertiary alicyclic amines) is 3. The van der Waals surface area contributed by atoms with Gasteiger partial charge in [0.15, 0.2) is 5.82 Å². The summed E-state index contributed by atoms with van der Waals surface area (Å²) in [5.41, 5.74) is 3.76. The summed E-state index contributed by atoms with van der Waals surface area (Å²) in [5, 5.41) is 14.8. The zero-order chi connectivity index (χ0) is 33.7. The molecular formula is C36H46Cl2N8O2. The maximum atomic E-state index is 13.1. The van der Waals surface area contributed by atoms with E-state index in [2.05, 4.69) is 52.0 Å². The molecule has 6 heterocycles. The van der Waals surface area contributed by atoms with Crippen molar-refractivity contribution in [1.29, 1.82) is 0 Å². The zero-order valence-electron chi connectivity index (χ0n) is 28.4. The summed E-state index contributed by atoms with van der Waals surface area (Å²) < 4.78 is 2.22. The molecule has 1 N–H and O–H groups in total. The number of benzene rings is 1. The molecule has 1 aromatic carbocycles. The predicted molar refractivity (Wildman–Crippen MR) is 189 cm³/mol. The van der Waals surface area contributed by atoms with Gasteiger partial charge in [-0.1, -0.05) is 29.8 Å². The fourth-order valence-electron chi connectivity index (χ4n) is 10.0. The molecule has 5 aliphatic rings. The molecule has 2 unspecified atom stereocenters. The number of nitrogens with one attached hydrogen (secondary N) is 1. The van der Waals surface area contributed by atoms with Gasteiger partial charge in [0.05, 0.1) is 33.8 Å². The van der Waals surface area contributed by atoms with Gasteiger partial charge in [-0.15, -0.1) is 0 Å². The van der Waals surface area contributed by atoms with Gasteiger partial charge < -0.3 is 14.7 Å². The van der Waals surface area contributed by atoms with E-state index in [9.17, 15) is 9.59 Å². The summed E-state index contributed by atoms with van der Waals surface area (Å²) in [7, 11) is 1.96. The van der Waals surface area contributed by atoms with Gasteiger partial charge in [-0.25, -0.2) is 0 Å². The predicted octanol–water partition coefficient (Wildman–Crippen LogP) is 5.94. The highest BCUT2D eigenvalue weighted by molar-refractivity contribution is 6.45. The Morgan fingerprint density at radius 3 is 2.65 bits per heavy atom. The van der Waals surface area contributed by atoms with Crippen LogP contribution in [0.25, 0.3) is 22.0 Å². The van der Waals surface area contributed by atoms with Gasteiger partial charge in [0.25, 0.3) is 0 Å². The van der Waals surface area contributed by atoms with Gasteiger partial charge in [0.2, 0.25) is 11.8 Å². The number of aromatic amines is 1. The highest BCUT2D eigenvalue weighted by Crippen LogP contribution is 2.56. The molecule has 10 nitrogen and oxygen atoms in total. The number of H-pyrrole nitrogens is 1. The van der Waals surface area contributed by atoms with E-state index in [1.807, 2.05) is 29.1 Å². The average molecular weight is 694 g/mol. The van der Waals surface area contributed by atoms with Crippen molar-refractivity contribution in [3.8, 4) is 11.1 Å².